The van der Waals surface area contributed by atoms with Crippen LogP contribution in [0, 0.1) is 0 Å². The van der Waals surface area contributed by atoms with Gasteiger partial charge >= 0.3 is 0 Å². The number of carbonyl (C=O) groups excluding carboxylic acids is 2. The lowest BCUT2D eigenvalue weighted by atomic mass is 10.0. The quantitative estimate of drug-likeness (QED) is 0.649. The highest BCUT2D eigenvalue weighted by atomic mass is 35.5. The topological polar surface area (TPSA) is 88.3 Å². The van der Waals surface area contributed by atoms with Crippen molar-refractivity contribution in [2.45, 2.75) is 19.0 Å². The van der Waals surface area contributed by atoms with Crippen molar-refractivity contribution in [2.75, 3.05) is 11.1 Å². The van der Waals surface area contributed by atoms with E-state index in [1.54, 1.807) is 47.6 Å². The second-order valence-corrected chi connectivity index (χ2v) is 7.37. The molecule has 0 spiro atoms. The number of nitrogen functional groups attached to an aromatic ring is 1. The van der Waals surface area contributed by atoms with Crippen molar-refractivity contribution >= 4 is 34.8 Å². The van der Waals surface area contributed by atoms with E-state index in [0.29, 0.717) is 28.4 Å². The van der Waals surface area contributed by atoms with Gasteiger partial charge in [-0.1, -0.05) is 29.8 Å². The molecule has 0 aliphatic carbocycles. The number of hydrogen-bond donors (Lipinski definition) is 2. The number of aromatic nitrogens is 1. The lowest BCUT2D eigenvalue weighted by Crippen LogP contribution is -2.46. The first-order valence-electron chi connectivity index (χ1n) is 9.16. The minimum absolute atomic E-state index is 0.235. The zero-order valence-electron chi connectivity index (χ0n) is 15.5. The second-order valence-electron chi connectivity index (χ2n) is 6.93. The maximum absolute atomic E-state index is 13.4. The number of nitrogens with two attached hydrogens (primary N) is 1. The average molecular weight is 407 g/mol. The largest absolute Gasteiger partial charge is 0.399 e. The number of halogens is 1. The summed E-state index contributed by atoms with van der Waals surface area (Å²) in [6, 6.07) is 15.2. The molecule has 3 aromatic rings. The van der Waals surface area contributed by atoms with Crippen LogP contribution in [-0.4, -0.2) is 27.7 Å². The van der Waals surface area contributed by atoms with Gasteiger partial charge in [0.2, 0.25) is 5.91 Å². The monoisotopic (exact) mass is 406 g/mol. The molecule has 2 heterocycles. The molecule has 7 heteroatoms. The standard InChI is InChI=1S/C22H19ClN4O2/c23-16-5-8-18-19(11-16)26-21(28)20(10-15-2-1-9-25-12-15)27(22(18)29)13-14-3-6-17(24)7-4-14/h1-9,11-12,20H,10,13,24H2,(H,26,28). The number of nitrogens with one attached hydrogen (secondary N) is 1. The Morgan fingerprint density at radius 3 is 2.59 bits per heavy atom. The van der Waals surface area contributed by atoms with Crippen molar-refractivity contribution in [3.05, 3.63) is 88.7 Å². The van der Waals surface area contributed by atoms with Crippen molar-refractivity contribution in [1.82, 2.24) is 9.88 Å². The van der Waals surface area contributed by atoms with Crippen LogP contribution >= 0.6 is 11.6 Å². The van der Waals surface area contributed by atoms with Crippen LogP contribution in [-0.2, 0) is 17.8 Å². The van der Waals surface area contributed by atoms with E-state index in [4.69, 9.17) is 17.3 Å². The maximum Gasteiger partial charge on any atom is 0.256 e. The highest BCUT2D eigenvalue weighted by molar-refractivity contribution is 6.31. The van der Waals surface area contributed by atoms with Gasteiger partial charge in [0.25, 0.3) is 5.91 Å². The number of carbonyl (C=O) groups is 2. The first-order chi connectivity index (χ1) is 14.0. The van der Waals surface area contributed by atoms with E-state index in [2.05, 4.69) is 10.3 Å². The Labute approximate surface area is 173 Å². The first kappa shape index (κ1) is 19.0. The summed E-state index contributed by atoms with van der Waals surface area (Å²) in [5.41, 5.74) is 9.00. The number of amides is 2. The smallest absolute Gasteiger partial charge is 0.256 e. The van der Waals surface area contributed by atoms with Crippen LogP contribution in [0.2, 0.25) is 5.02 Å². The first-order valence-corrected chi connectivity index (χ1v) is 9.54. The van der Waals surface area contributed by atoms with Gasteiger partial charge in [0.1, 0.15) is 6.04 Å². The van der Waals surface area contributed by atoms with Gasteiger partial charge in [-0.05, 0) is 47.5 Å². The van der Waals surface area contributed by atoms with Crippen LogP contribution in [0.25, 0.3) is 0 Å². The van der Waals surface area contributed by atoms with E-state index < -0.39 is 6.04 Å². The number of hydrogen-bond acceptors (Lipinski definition) is 4. The van der Waals surface area contributed by atoms with Crippen LogP contribution in [0.1, 0.15) is 21.5 Å². The van der Waals surface area contributed by atoms with E-state index in [0.717, 1.165) is 11.1 Å². The Morgan fingerprint density at radius 2 is 1.86 bits per heavy atom. The van der Waals surface area contributed by atoms with Crippen LogP contribution < -0.4 is 11.1 Å². The summed E-state index contributed by atoms with van der Waals surface area (Å²) >= 11 is 6.08. The molecule has 29 heavy (non-hydrogen) atoms. The van der Waals surface area contributed by atoms with Crippen LogP contribution in [0.4, 0.5) is 11.4 Å². The van der Waals surface area contributed by atoms with Crippen molar-refractivity contribution in [2.24, 2.45) is 0 Å². The van der Waals surface area contributed by atoms with E-state index in [-0.39, 0.29) is 18.4 Å². The fraction of sp³-hybridized carbons (Fsp3) is 0.136. The molecule has 3 N–H and O–H groups in total. The number of nitrogens with zero attached hydrogens (tertiary/aromatic N) is 2. The fourth-order valence-corrected chi connectivity index (χ4v) is 3.58. The van der Waals surface area contributed by atoms with Gasteiger partial charge in [-0.2, -0.15) is 0 Å². The van der Waals surface area contributed by atoms with Gasteiger partial charge in [0, 0.05) is 36.1 Å². The maximum atomic E-state index is 13.4. The van der Waals surface area contributed by atoms with Crippen molar-refractivity contribution < 1.29 is 9.59 Å². The van der Waals surface area contributed by atoms with Gasteiger partial charge < -0.3 is 16.0 Å². The summed E-state index contributed by atoms with van der Waals surface area (Å²) in [5, 5.41) is 3.31. The molecule has 0 saturated heterocycles. The highest BCUT2D eigenvalue weighted by Crippen LogP contribution is 2.28. The molecule has 1 aliphatic rings. The lowest BCUT2D eigenvalue weighted by Gasteiger charge is -2.29. The normalized spacial score (nSPS) is 16.2. The Bertz CT molecular complexity index is 1050. The number of fused-ring (bicyclic) bond motifs is 1. The molecule has 4 rings (SSSR count). The summed E-state index contributed by atoms with van der Waals surface area (Å²) in [6.45, 7) is 0.277. The number of benzene rings is 2. The predicted octanol–water partition coefficient (Wildman–Crippen LogP) is 3.52. The third kappa shape index (κ3) is 4.07. The molecule has 1 aliphatic heterocycles. The van der Waals surface area contributed by atoms with Gasteiger partial charge in [-0.15, -0.1) is 0 Å². The molecule has 1 aromatic heterocycles. The van der Waals surface area contributed by atoms with Gasteiger partial charge in [-0.3, -0.25) is 14.6 Å². The molecule has 0 fully saturated rings. The van der Waals surface area contributed by atoms with E-state index in [1.165, 1.54) is 0 Å². The number of anilines is 2. The minimum Gasteiger partial charge on any atom is -0.399 e. The van der Waals surface area contributed by atoms with Crippen LogP contribution in [0.5, 0.6) is 0 Å². The number of rotatable bonds is 4. The molecule has 2 amide bonds. The van der Waals surface area contributed by atoms with Crippen LogP contribution in [0.15, 0.2) is 67.0 Å². The molecule has 0 saturated carbocycles. The van der Waals surface area contributed by atoms with E-state index in [1.807, 2.05) is 24.3 Å². The average Bonchev–Trinajstić information content (AvgIpc) is 2.80. The molecule has 6 nitrogen and oxygen atoms in total. The predicted molar refractivity (Wildman–Crippen MR) is 113 cm³/mol. The molecular formula is C22H19ClN4O2. The zero-order valence-corrected chi connectivity index (χ0v) is 16.3. The fourth-order valence-electron chi connectivity index (χ4n) is 3.41. The van der Waals surface area contributed by atoms with Gasteiger partial charge in [-0.25, -0.2) is 0 Å². The molecule has 0 bridgehead atoms. The van der Waals surface area contributed by atoms with Gasteiger partial charge in [0.15, 0.2) is 0 Å². The van der Waals surface area contributed by atoms with Crippen molar-refractivity contribution in [3.63, 3.8) is 0 Å². The Balaban J connectivity index is 1.75. The molecule has 1 atom stereocenters. The summed E-state index contributed by atoms with van der Waals surface area (Å²) in [7, 11) is 0. The Morgan fingerprint density at radius 1 is 1.07 bits per heavy atom. The molecule has 1 unspecified atom stereocenters. The highest BCUT2D eigenvalue weighted by Gasteiger charge is 2.35. The van der Waals surface area contributed by atoms with E-state index in [9.17, 15) is 9.59 Å². The summed E-state index contributed by atoms with van der Waals surface area (Å²) in [6.07, 6.45) is 3.72. The van der Waals surface area contributed by atoms with E-state index >= 15 is 0 Å². The van der Waals surface area contributed by atoms with Gasteiger partial charge in [0.05, 0.1) is 11.3 Å². The summed E-state index contributed by atoms with van der Waals surface area (Å²) < 4.78 is 0. The molecule has 2 aromatic carbocycles. The minimum atomic E-state index is -0.699. The second kappa shape index (κ2) is 7.93. The summed E-state index contributed by atoms with van der Waals surface area (Å²) in [5.74, 6) is -0.501. The van der Waals surface area contributed by atoms with Crippen LogP contribution in [0.3, 0.4) is 0 Å². The third-order valence-corrected chi connectivity index (χ3v) is 5.13. The molecule has 0 radical (unpaired) electrons. The Hall–Kier alpha value is -3.38. The zero-order chi connectivity index (χ0) is 20.4. The summed E-state index contributed by atoms with van der Waals surface area (Å²) in [4.78, 5) is 32.2. The molecular weight excluding hydrogens is 388 g/mol. The van der Waals surface area contributed by atoms with Crippen molar-refractivity contribution in [3.8, 4) is 0 Å². The lowest BCUT2D eigenvalue weighted by molar-refractivity contribution is -0.120. The van der Waals surface area contributed by atoms with Crippen molar-refractivity contribution in [1.29, 1.82) is 0 Å². The molecule has 146 valence electrons. The third-order valence-electron chi connectivity index (χ3n) is 4.89. The SMILES string of the molecule is Nc1ccc(CN2C(=O)c3ccc(Cl)cc3NC(=O)C2Cc2cccnc2)cc1. The number of pyridine rings is 1. The Kier molecular flexibility index (Phi) is 5.18.